The highest BCUT2D eigenvalue weighted by Gasteiger charge is 2.21. The minimum absolute atomic E-state index is 0.0148. The van der Waals surface area contributed by atoms with Gasteiger partial charge in [0, 0.05) is 24.0 Å². The van der Waals surface area contributed by atoms with Crippen molar-refractivity contribution in [3.8, 4) is 5.75 Å². The van der Waals surface area contributed by atoms with Crippen LogP contribution < -0.4 is 15.0 Å². The summed E-state index contributed by atoms with van der Waals surface area (Å²) in [4.78, 5) is 27.0. The number of hydrogen-bond acceptors (Lipinski definition) is 4. The lowest BCUT2D eigenvalue weighted by molar-refractivity contribution is -0.118. The average Bonchev–Trinajstić information content (AvgIpc) is 3.02. The molecule has 0 saturated heterocycles. The number of carbonyl (C=O) groups is 2. The van der Waals surface area contributed by atoms with Crippen molar-refractivity contribution in [1.82, 2.24) is 5.32 Å². The topological polar surface area (TPSA) is 58.6 Å². The summed E-state index contributed by atoms with van der Waals surface area (Å²) in [7, 11) is 1.70. The maximum absolute atomic E-state index is 12.3. The molecule has 0 fully saturated rings. The number of nitrogens with zero attached hydrogens (tertiary/aromatic N) is 1. The average molecular weight is 330 g/mol. The van der Waals surface area contributed by atoms with Crippen LogP contribution in [0.5, 0.6) is 5.75 Å². The molecule has 1 aromatic carbocycles. The molecule has 2 amide bonds. The Kier molecular flexibility index (Phi) is 4.62. The molecule has 23 heavy (non-hydrogen) atoms. The van der Waals surface area contributed by atoms with Gasteiger partial charge in [0.15, 0.2) is 0 Å². The van der Waals surface area contributed by atoms with Gasteiger partial charge in [0.2, 0.25) is 5.91 Å². The summed E-state index contributed by atoms with van der Waals surface area (Å²) in [6.07, 6.45) is 1.16. The third-order valence-electron chi connectivity index (χ3n) is 3.77. The molecule has 0 bridgehead atoms. The molecule has 120 valence electrons. The lowest BCUT2D eigenvalue weighted by Crippen LogP contribution is -2.27. The predicted molar refractivity (Wildman–Crippen MR) is 90.3 cm³/mol. The first-order valence-electron chi connectivity index (χ1n) is 7.49. The fourth-order valence-corrected chi connectivity index (χ4v) is 3.16. The Morgan fingerprint density at radius 2 is 2.26 bits per heavy atom. The third-order valence-corrected chi connectivity index (χ3v) is 4.70. The molecule has 0 unspecified atom stereocenters. The van der Waals surface area contributed by atoms with Crippen LogP contribution in [0.3, 0.4) is 0 Å². The van der Waals surface area contributed by atoms with Crippen LogP contribution in [0.15, 0.2) is 35.7 Å². The molecule has 6 heteroatoms. The highest BCUT2D eigenvalue weighted by molar-refractivity contribution is 7.09. The van der Waals surface area contributed by atoms with E-state index in [1.807, 2.05) is 11.4 Å². The molecule has 1 N–H and O–H groups in total. The Morgan fingerprint density at radius 3 is 3.04 bits per heavy atom. The van der Waals surface area contributed by atoms with Crippen molar-refractivity contribution >= 4 is 28.8 Å². The highest BCUT2D eigenvalue weighted by Crippen LogP contribution is 2.31. The van der Waals surface area contributed by atoms with E-state index in [0.717, 1.165) is 6.42 Å². The fourth-order valence-electron chi connectivity index (χ4n) is 2.45. The zero-order chi connectivity index (χ0) is 16.2. The fraction of sp³-hybridized carbons (Fsp3) is 0.294. The van der Waals surface area contributed by atoms with Gasteiger partial charge in [-0.05, 0) is 36.1 Å². The van der Waals surface area contributed by atoms with Crippen LogP contribution in [0.1, 0.15) is 21.7 Å². The number of nitrogens with one attached hydrogen (secondary N) is 1. The van der Waals surface area contributed by atoms with Crippen LogP contribution >= 0.6 is 11.3 Å². The van der Waals surface area contributed by atoms with E-state index in [4.69, 9.17) is 4.74 Å². The number of amides is 2. The van der Waals surface area contributed by atoms with Crippen molar-refractivity contribution < 1.29 is 14.3 Å². The van der Waals surface area contributed by atoms with E-state index in [-0.39, 0.29) is 11.8 Å². The lowest BCUT2D eigenvalue weighted by atomic mass is 10.1. The second kappa shape index (κ2) is 6.83. The first-order valence-corrected chi connectivity index (χ1v) is 8.37. The van der Waals surface area contributed by atoms with E-state index in [9.17, 15) is 9.59 Å². The largest absolute Gasteiger partial charge is 0.491 e. The maximum atomic E-state index is 12.3. The van der Waals surface area contributed by atoms with Crippen molar-refractivity contribution in [2.24, 2.45) is 0 Å². The molecule has 2 heterocycles. The number of carbonyl (C=O) groups excluding carboxylic acids is 2. The quantitative estimate of drug-likeness (QED) is 0.937. The van der Waals surface area contributed by atoms with E-state index >= 15 is 0 Å². The molecule has 1 aliphatic heterocycles. The van der Waals surface area contributed by atoms with E-state index in [2.05, 4.69) is 11.4 Å². The molecule has 0 radical (unpaired) electrons. The van der Waals surface area contributed by atoms with Crippen LogP contribution in [0.25, 0.3) is 0 Å². The second-order valence-corrected chi connectivity index (χ2v) is 6.35. The normalized spacial score (nSPS) is 14.0. The molecule has 0 atom stereocenters. The Hall–Kier alpha value is -2.34. The number of hydrogen-bond donors (Lipinski definition) is 1. The third kappa shape index (κ3) is 3.53. The van der Waals surface area contributed by atoms with Crippen LogP contribution in [0, 0.1) is 0 Å². The Morgan fingerprint density at radius 1 is 1.39 bits per heavy atom. The van der Waals surface area contributed by atoms with Crippen molar-refractivity contribution in [3.63, 3.8) is 0 Å². The minimum Gasteiger partial charge on any atom is -0.491 e. The van der Waals surface area contributed by atoms with Crippen molar-refractivity contribution in [2.45, 2.75) is 12.8 Å². The van der Waals surface area contributed by atoms with Gasteiger partial charge in [0.05, 0.1) is 18.7 Å². The van der Waals surface area contributed by atoms with Crippen LogP contribution in [0.2, 0.25) is 0 Å². The van der Waals surface area contributed by atoms with E-state index in [0.29, 0.717) is 36.6 Å². The summed E-state index contributed by atoms with van der Waals surface area (Å²) in [5.74, 6) is 0.474. The van der Waals surface area contributed by atoms with Crippen molar-refractivity contribution in [2.75, 3.05) is 25.1 Å². The molecule has 0 aliphatic carbocycles. The molecule has 2 aromatic rings. The first kappa shape index (κ1) is 15.6. The molecule has 0 saturated carbocycles. The number of anilines is 1. The summed E-state index contributed by atoms with van der Waals surface area (Å²) in [5, 5.41) is 4.93. The van der Waals surface area contributed by atoms with Gasteiger partial charge in [-0.15, -0.1) is 11.3 Å². The van der Waals surface area contributed by atoms with Gasteiger partial charge in [-0.1, -0.05) is 6.07 Å². The highest BCUT2D eigenvalue weighted by atomic mass is 32.1. The minimum atomic E-state index is -0.144. The number of thiophene rings is 1. The van der Waals surface area contributed by atoms with Crippen LogP contribution in [-0.2, 0) is 11.2 Å². The van der Waals surface area contributed by atoms with Gasteiger partial charge in [0.1, 0.15) is 5.75 Å². The molecule has 5 nitrogen and oxygen atoms in total. The molecule has 1 aromatic heterocycles. The summed E-state index contributed by atoms with van der Waals surface area (Å²) >= 11 is 1.68. The number of ether oxygens (including phenoxy) is 1. The molecular formula is C17H18N2O3S. The number of rotatable bonds is 4. The van der Waals surface area contributed by atoms with Crippen LogP contribution in [0.4, 0.5) is 5.69 Å². The lowest BCUT2D eigenvalue weighted by Gasteiger charge is -2.17. The van der Waals surface area contributed by atoms with Crippen LogP contribution in [-0.4, -0.2) is 32.0 Å². The van der Waals surface area contributed by atoms with Gasteiger partial charge >= 0.3 is 0 Å². The number of benzene rings is 1. The Balaban J connectivity index is 1.69. The number of fused-ring (bicyclic) bond motifs is 1. The maximum Gasteiger partial charge on any atom is 0.251 e. The second-order valence-electron chi connectivity index (χ2n) is 5.32. The summed E-state index contributed by atoms with van der Waals surface area (Å²) in [6, 6.07) is 9.23. The molecule has 1 aliphatic rings. The smallest absolute Gasteiger partial charge is 0.251 e. The van der Waals surface area contributed by atoms with E-state index in [1.165, 1.54) is 4.88 Å². The molecular weight excluding hydrogens is 312 g/mol. The standard InChI is InChI=1S/C17H18N2O3S/c1-19-14-11-12(4-5-15(14)22-9-7-16(19)20)17(21)18-8-6-13-3-2-10-23-13/h2-5,10-11H,6-9H2,1H3,(H,18,21). The predicted octanol–water partition coefficient (Wildman–Crippen LogP) is 2.47. The van der Waals surface area contributed by atoms with Gasteiger partial charge < -0.3 is 15.0 Å². The SMILES string of the molecule is CN1C(=O)CCOc2ccc(C(=O)NCCc3cccs3)cc21. The van der Waals surface area contributed by atoms with Gasteiger partial charge in [-0.25, -0.2) is 0 Å². The summed E-state index contributed by atoms with van der Waals surface area (Å²) in [5.41, 5.74) is 1.17. The zero-order valence-corrected chi connectivity index (χ0v) is 13.7. The Labute approximate surface area is 138 Å². The molecule has 3 rings (SSSR count). The molecule has 0 spiro atoms. The van der Waals surface area contributed by atoms with Gasteiger partial charge in [-0.3, -0.25) is 9.59 Å². The van der Waals surface area contributed by atoms with Crippen molar-refractivity contribution in [1.29, 1.82) is 0 Å². The van der Waals surface area contributed by atoms with E-state index < -0.39 is 0 Å². The van der Waals surface area contributed by atoms with Crippen molar-refractivity contribution in [3.05, 3.63) is 46.2 Å². The van der Waals surface area contributed by atoms with Gasteiger partial charge in [-0.2, -0.15) is 0 Å². The first-order chi connectivity index (χ1) is 11.1. The van der Waals surface area contributed by atoms with E-state index in [1.54, 1.807) is 41.5 Å². The zero-order valence-electron chi connectivity index (χ0n) is 12.9. The summed E-state index contributed by atoms with van der Waals surface area (Å²) in [6.45, 7) is 0.949. The summed E-state index contributed by atoms with van der Waals surface area (Å²) < 4.78 is 5.56. The Bertz CT molecular complexity index is 713. The monoisotopic (exact) mass is 330 g/mol. The van der Waals surface area contributed by atoms with Gasteiger partial charge in [0.25, 0.3) is 5.91 Å².